The van der Waals surface area contributed by atoms with E-state index < -0.39 is 0 Å². The quantitative estimate of drug-likeness (QED) is 0.0914. The third-order valence-electron chi connectivity index (χ3n) is 8.21. The van der Waals surface area contributed by atoms with E-state index in [1.54, 1.807) is 24.5 Å². The summed E-state index contributed by atoms with van der Waals surface area (Å²) in [5.74, 6) is 1.86. The van der Waals surface area contributed by atoms with E-state index in [2.05, 4.69) is 123 Å². The van der Waals surface area contributed by atoms with Gasteiger partial charge < -0.3 is 4.74 Å². The lowest BCUT2D eigenvalue weighted by Crippen LogP contribution is -2.02. The van der Waals surface area contributed by atoms with Crippen molar-refractivity contribution in [2.75, 3.05) is 13.4 Å². The summed E-state index contributed by atoms with van der Waals surface area (Å²) in [6, 6.07) is 19.2. The molecule has 0 aliphatic heterocycles. The normalized spacial score (nSPS) is 10.4. The van der Waals surface area contributed by atoms with Crippen molar-refractivity contribution in [2.24, 2.45) is 0 Å². The largest absolute Gasteiger partial charge is 0.465 e. The molecule has 0 aliphatic rings. The SMILES string of the molecule is CC(C)c1ccc(F)cn1.COC(=O)c1ccc(C(C)C)nc1.CSc1ccccc1C(C)C.Cc1cnncc1C(C)C.Cc1nc(Cl)ccc1C(C)C. The fourth-order valence-corrected chi connectivity index (χ4v) is 5.95. The van der Waals surface area contributed by atoms with Gasteiger partial charge in [0.2, 0.25) is 0 Å². The van der Waals surface area contributed by atoms with Gasteiger partial charge in [0.05, 0.1) is 31.3 Å². The molecule has 4 aromatic heterocycles. The molecule has 7 nitrogen and oxygen atoms in total. The van der Waals surface area contributed by atoms with E-state index in [-0.39, 0.29) is 11.8 Å². The number of aromatic nitrogens is 5. The molecule has 0 bridgehead atoms. The van der Waals surface area contributed by atoms with Crippen LogP contribution >= 0.6 is 23.4 Å². The van der Waals surface area contributed by atoms with Gasteiger partial charge in [0.1, 0.15) is 11.0 Å². The fourth-order valence-electron chi connectivity index (χ4n) is 5.01. The van der Waals surface area contributed by atoms with Gasteiger partial charge in [-0.05, 0) is 108 Å². The second kappa shape index (κ2) is 25.8. The van der Waals surface area contributed by atoms with Crippen molar-refractivity contribution in [2.45, 2.75) is 118 Å². The molecule has 10 heteroatoms. The molecule has 4 heterocycles. The molecule has 0 atom stereocenters. The first kappa shape index (κ1) is 48.8. The Morgan fingerprint density at radius 1 is 0.655 bits per heavy atom. The Kier molecular flexibility index (Phi) is 22.9. The van der Waals surface area contributed by atoms with E-state index in [0.717, 1.165) is 17.1 Å². The highest BCUT2D eigenvalue weighted by molar-refractivity contribution is 7.98. The third-order valence-corrected chi connectivity index (χ3v) is 9.23. The number of hydrogen-bond acceptors (Lipinski definition) is 8. The Morgan fingerprint density at radius 3 is 1.60 bits per heavy atom. The minimum Gasteiger partial charge on any atom is -0.465 e. The van der Waals surface area contributed by atoms with Crippen molar-refractivity contribution in [3.05, 3.63) is 141 Å². The van der Waals surface area contributed by atoms with Gasteiger partial charge in [-0.1, -0.05) is 105 Å². The number of thioether (sulfide) groups is 1. The number of nitrogens with zero attached hydrogens (tertiary/aromatic N) is 5. The molecule has 0 aliphatic carbocycles. The van der Waals surface area contributed by atoms with E-state index in [4.69, 9.17) is 11.6 Å². The highest BCUT2D eigenvalue weighted by Gasteiger charge is 2.07. The molecule has 0 saturated heterocycles. The summed E-state index contributed by atoms with van der Waals surface area (Å²) in [4.78, 5) is 24.6. The second-order valence-electron chi connectivity index (χ2n) is 14.3. The maximum atomic E-state index is 12.3. The molecular formula is C45H61ClFN5O2S. The number of pyridine rings is 3. The molecule has 5 aromatic rings. The molecule has 0 spiro atoms. The van der Waals surface area contributed by atoms with Crippen LogP contribution in [-0.4, -0.2) is 44.5 Å². The zero-order valence-electron chi connectivity index (χ0n) is 35.2. The average Bonchev–Trinajstić information content (AvgIpc) is 3.15. The number of ether oxygens (including phenoxy) is 1. The first-order valence-electron chi connectivity index (χ1n) is 18.6. The van der Waals surface area contributed by atoms with Gasteiger partial charge in [-0.3, -0.25) is 9.97 Å². The number of carbonyl (C=O) groups excluding carboxylic acids is 1. The van der Waals surface area contributed by atoms with E-state index in [1.807, 2.05) is 56.9 Å². The summed E-state index contributed by atoms with van der Waals surface area (Å²) in [6.45, 7) is 25.3. The van der Waals surface area contributed by atoms with Crippen LogP contribution in [0.1, 0.15) is 149 Å². The molecule has 55 heavy (non-hydrogen) atoms. The lowest BCUT2D eigenvalue weighted by Gasteiger charge is -2.09. The minimum absolute atomic E-state index is 0.274. The third kappa shape index (κ3) is 18.3. The lowest BCUT2D eigenvalue weighted by molar-refractivity contribution is 0.0600. The standard InChI is InChI=1S/C10H13NO2.C10H14S.C9H12ClN.C8H10FN.C8H12N2/c1-7(2)9-5-4-8(6-11-9)10(12)13-3;1-8(2)9-6-4-5-7-10(9)11-3;1-6(2)8-4-5-9(10)11-7(8)3;1-6(2)8-4-3-7(9)5-10-8;1-6(2)8-5-10-9-4-7(8)3/h4-7H,1-3H3;4-8H,1-3H3;4-6H,1-3H3;3-6H,1-2H3;4-6H,1-3H3. The monoisotopic (exact) mass is 789 g/mol. The second-order valence-corrected chi connectivity index (χ2v) is 15.6. The van der Waals surface area contributed by atoms with E-state index in [1.165, 1.54) is 46.5 Å². The zero-order valence-corrected chi connectivity index (χ0v) is 36.8. The maximum Gasteiger partial charge on any atom is 0.339 e. The van der Waals surface area contributed by atoms with E-state index in [0.29, 0.717) is 40.3 Å². The van der Waals surface area contributed by atoms with Crippen LogP contribution in [0.2, 0.25) is 5.15 Å². The molecule has 0 unspecified atom stereocenters. The van der Waals surface area contributed by atoms with Crippen LogP contribution < -0.4 is 0 Å². The Labute approximate surface area is 339 Å². The van der Waals surface area contributed by atoms with Crippen LogP contribution in [0.3, 0.4) is 0 Å². The summed E-state index contributed by atoms with van der Waals surface area (Å²) in [7, 11) is 1.36. The van der Waals surface area contributed by atoms with E-state index >= 15 is 0 Å². The maximum absolute atomic E-state index is 12.3. The average molecular weight is 791 g/mol. The van der Waals surface area contributed by atoms with E-state index in [9.17, 15) is 9.18 Å². The van der Waals surface area contributed by atoms with Crippen LogP contribution in [0, 0.1) is 19.7 Å². The van der Waals surface area contributed by atoms with Crippen molar-refractivity contribution in [3.8, 4) is 0 Å². The molecular weight excluding hydrogens is 729 g/mol. The van der Waals surface area contributed by atoms with Crippen molar-refractivity contribution in [3.63, 3.8) is 0 Å². The Hall–Kier alpha value is -4.21. The predicted octanol–water partition coefficient (Wildman–Crippen LogP) is 12.9. The van der Waals surface area contributed by atoms with Gasteiger partial charge in [0, 0.05) is 28.2 Å². The molecule has 1 aromatic carbocycles. The van der Waals surface area contributed by atoms with Gasteiger partial charge in [-0.2, -0.15) is 10.2 Å². The molecule has 298 valence electrons. The van der Waals surface area contributed by atoms with Crippen LogP contribution in [0.15, 0.2) is 90.3 Å². The number of methoxy groups -OCH3 is 1. The topological polar surface area (TPSA) is 90.8 Å². The van der Waals surface area contributed by atoms with Crippen LogP contribution in [-0.2, 0) is 4.74 Å². The van der Waals surface area contributed by atoms with Gasteiger partial charge in [0.15, 0.2) is 0 Å². The fraction of sp³-hybridized carbons (Fsp3) is 0.422. The number of hydrogen-bond donors (Lipinski definition) is 0. The first-order valence-corrected chi connectivity index (χ1v) is 20.2. The molecule has 0 radical (unpaired) electrons. The van der Waals surface area contributed by atoms with Crippen molar-refractivity contribution < 1.29 is 13.9 Å². The zero-order chi connectivity index (χ0) is 41.7. The van der Waals surface area contributed by atoms with Gasteiger partial charge in [-0.15, -0.1) is 11.8 Å². The molecule has 0 N–H and O–H groups in total. The van der Waals surface area contributed by atoms with Crippen LogP contribution in [0.25, 0.3) is 0 Å². The summed E-state index contributed by atoms with van der Waals surface area (Å²) in [6.07, 6.45) is 8.55. The van der Waals surface area contributed by atoms with Gasteiger partial charge >= 0.3 is 5.97 Å². The van der Waals surface area contributed by atoms with Crippen LogP contribution in [0.5, 0.6) is 0 Å². The highest BCUT2D eigenvalue weighted by atomic mass is 35.5. The number of carbonyl (C=O) groups is 1. The number of benzene rings is 1. The number of halogens is 2. The van der Waals surface area contributed by atoms with Crippen molar-refractivity contribution in [1.82, 2.24) is 25.1 Å². The molecule has 0 fully saturated rings. The summed E-state index contributed by atoms with van der Waals surface area (Å²) in [5.41, 5.74) is 8.68. The van der Waals surface area contributed by atoms with Gasteiger partial charge in [0.25, 0.3) is 0 Å². The molecule has 0 saturated carbocycles. The molecule has 5 rings (SSSR count). The van der Waals surface area contributed by atoms with Crippen LogP contribution in [0.4, 0.5) is 4.39 Å². The smallest absolute Gasteiger partial charge is 0.339 e. The Balaban J connectivity index is 0.000000345. The number of aryl methyl sites for hydroxylation is 2. The first-order chi connectivity index (χ1) is 25.9. The Morgan fingerprint density at radius 2 is 1.20 bits per heavy atom. The number of esters is 1. The van der Waals surface area contributed by atoms with Crippen molar-refractivity contribution >= 4 is 29.3 Å². The molecule has 0 amide bonds. The summed E-state index contributed by atoms with van der Waals surface area (Å²) >= 11 is 7.53. The predicted molar refractivity (Wildman–Crippen MR) is 229 cm³/mol. The lowest BCUT2D eigenvalue weighted by atomic mass is 10.0. The summed E-state index contributed by atoms with van der Waals surface area (Å²) < 4.78 is 16.8. The van der Waals surface area contributed by atoms with Crippen molar-refractivity contribution in [1.29, 1.82) is 0 Å². The highest BCUT2D eigenvalue weighted by Crippen LogP contribution is 2.26. The van der Waals surface area contributed by atoms with Gasteiger partial charge in [-0.25, -0.2) is 14.2 Å². The minimum atomic E-state index is -0.345. The Bertz CT molecular complexity index is 1830. The number of rotatable bonds is 7. The summed E-state index contributed by atoms with van der Waals surface area (Å²) in [5, 5.41) is 8.17.